The van der Waals surface area contributed by atoms with Gasteiger partial charge in [0.2, 0.25) is 0 Å². The second-order valence-corrected chi connectivity index (χ2v) is 5.26. The first-order chi connectivity index (χ1) is 7.13. The van der Waals surface area contributed by atoms with Crippen LogP contribution in [0, 0.1) is 5.92 Å². The third kappa shape index (κ3) is 2.33. The summed E-state index contributed by atoms with van der Waals surface area (Å²) in [5.41, 5.74) is -0.590. The molecule has 0 bridgehead atoms. The maximum absolute atomic E-state index is 11.3. The summed E-state index contributed by atoms with van der Waals surface area (Å²) in [5.74, 6) is 0.253. The Labute approximate surface area is 91.5 Å². The van der Waals surface area contributed by atoms with Gasteiger partial charge in [-0.1, -0.05) is 12.8 Å². The van der Waals surface area contributed by atoms with Crippen LogP contribution in [0.4, 0.5) is 0 Å². The highest BCUT2D eigenvalue weighted by molar-refractivity contribution is 5.78. The van der Waals surface area contributed by atoms with Crippen molar-refractivity contribution in [3.63, 3.8) is 0 Å². The van der Waals surface area contributed by atoms with E-state index >= 15 is 0 Å². The number of piperidine rings is 1. The molecule has 1 aliphatic carbocycles. The number of aliphatic carboxylic acids is 1. The van der Waals surface area contributed by atoms with Crippen LogP contribution in [0.1, 0.15) is 45.4 Å². The Morgan fingerprint density at radius 3 is 2.80 bits per heavy atom. The van der Waals surface area contributed by atoms with Gasteiger partial charge in [0.25, 0.3) is 0 Å². The lowest BCUT2D eigenvalue weighted by Crippen LogP contribution is -2.55. The Morgan fingerprint density at radius 1 is 1.47 bits per heavy atom. The predicted molar refractivity (Wildman–Crippen MR) is 58.8 cm³/mol. The number of carboxylic acid groups (broad SMARTS) is 1. The second-order valence-electron chi connectivity index (χ2n) is 5.26. The summed E-state index contributed by atoms with van der Waals surface area (Å²) in [6, 6.07) is 0. The monoisotopic (exact) mass is 211 g/mol. The molecule has 1 N–H and O–H groups in total. The maximum Gasteiger partial charge on any atom is 0.323 e. The molecule has 2 fully saturated rings. The SMILES string of the molecule is CC1(C(=O)O)CCCCN1CCC1CC1. The molecule has 1 atom stereocenters. The summed E-state index contributed by atoms with van der Waals surface area (Å²) < 4.78 is 0. The zero-order valence-corrected chi connectivity index (χ0v) is 9.54. The van der Waals surface area contributed by atoms with Crippen molar-refractivity contribution >= 4 is 5.97 Å². The lowest BCUT2D eigenvalue weighted by molar-refractivity contribution is -0.153. The number of nitrogens with zero attached hydrogens (tertiary/aromatic N) is 1. The molecular weight excluding hydrogens is 190 g/mol. The van der Waals surface area contributed by atoms with Crippen LogP contribution in [0.5, 0.6) is 0 Å². The summed E-state index contributed by atoms with van der Waals surface area (Å²) in [6.07, 6.45) is 6.95. The van der Waals surface area contributed by atoms with Gasteiger partial charge in [-0.2, -0.15) is 0 Å². The summed E-state index contributed by atoms with van der Waals surface area (Å²) in [7, 11) is 0. The lowest BCUT2D eigenvalue weighted by atomic mass is 9.88. The van der Waals surface area contributed by atoms with E-state index in [0.29, 0.717) is 0 Å². The molecular formula is C12H21NO2. The number of rotatable bonds is 4. The largest absolute Gasteiger partial charge is 0.480 e. The van der Waals surface area contributed by atoms with Crippen molar-refractivity contribution in [1.82, 2.24) is 4.90 Å². The van der Waals surface area contributed by atoms with Gasteiger partial charge in [-0.15, -0.1) is 0 Å². The molecule has 1 unspecified atom stereocenters. The van der Waals surface area contributed by atoms with E-state index in [2.05, 4.69) is 4.90 Å². The molecule has 1 aliphatic heterocycles. The number of hydrogen-bond donors (Lipinski definition) is 1. The van der Waals surface area contributed by atoms with Gasteiger partial charge in [0.15, 0.2) is 0 Å². The second kappa shape index (κ2) is 4.12. The minimum Gasteiger partial charge on any atom is -0.480 e. The van der Waals surface area contributed by atoms with Crippen LogP contribution in [0.2, 0.25) is 0 Å². The van der Waals surface area contributed by atoms with E-state index in [0.717, 1.165) is 38.3 Å². The molecule has 1 saturated carbocycles. The van der Waals surface area contributed by atoms with Crippen LogP contribution in [0.3, 0.4) is 0 Å². The molecule has 2 aliphatic rings. The van der Waals surface area contributed by atoms with Gasteiger partial charge in [-0.3, -0.25) is 9.69 Å². The maximum atomic E-state index is 11.3. The van der Waals surface area contributed by atoms with E-state index in [9.17, 15) is 9.90 Å². The summed E-state index contributed by atoms with van der Waals surface area (Å²) in [6.45, 7) is 3.84. The lowest BCUT2D eigenvalue weighted by Gasteiger charge is -2.41. The topological polar surface area (TPSA) is 40.5 Å². The third-order valence-corrected chi connectivity index (χ3v) is 4.00. The van der Waals surface area contributed by atoms with Gasteiger partial charge in [0.1, 0.15) is 5.54 Å². The minimum absolute atomic E-state index is 0.590. The van der Waals surface area contributed by atoms with Gasteiger partial charge in [-0.05, 0) is 51.6 Å². The first-order valence-electron chi connectivity index (χ1n) is 6.11. The standard InChI is InChI=1S/C12H21NO2/c1-12(11(14)15)7-2-3-8-13(12)9-6-10-4-5-10/h10H,2-9H2,1H3,(H,14,15). The van der Waals surface area contributed by atoms with Crippen molar-refractivity contribution in [1.29, 1.82) is 0 Å². The van der Waals surface area contributed by atoms with E-state index in [1.165, 1.54) is 19.3 Å². The van der Waals surface area contributed by atoms with Crippen molar-refractivity contribution in [2.75, 3.05) is 13.1 Å². The Morgan fingerprint density at radius 2 is 2.20 bits per heavy atom. The van der Waals surface area contributed by atoms with Crippen LogP contribution in [0.15, 0.2) is 0 Å². The third-order valence-electron chi connectivity index (χ3n) is 4.00. The molecule has 0 aromatic rings. The minimum atomic E-state index is -0.641. The zero-order valence-electron chi connectivity index (χ0n) is 9.54. The first kappa shape index (κ1) is 10.9. The molecule has 1 saturated heterocycles. The fourth-order valence-electron chi connectivity index (χ4n) is 2.52. The van der Waals surface area contributed by atoms with E-state index in [-0.39, 0.29) is 0 Å². The van der Waals surface area contributed by atoms with Gasteiger partial charge in [-0.25, -0.2) is 0 Å². The molecule has 0 spiro atoms. The van der Waals surface area contributed by atoms with E-state index in [4.69, 9.17) is 0 Å². The Kier molecular flexibility index (Phi) is 3.01. The number of likely N-dealkylation sites (tertiary alicyclic amines) is 1. The highest BCUT2D eigenvalue weighted by atomic mass is 16.4. The Hall–Kier alpha value is -0.570. The van der Waals surface area contributed by atoms with E-state index in [1.54, 1.807) is 0 Å². The fraction of sp³-hybridized carbons (Fsp3) is 0.917. The fourth-order valence-corrected chi connectivity index (χ4v) is 2.52. The van der Waals surface area contributed by atoms with Crippen molar-refractivity contribution in [3.05, 3.63) is 0 Å². The quantitative estimate of drug-likeness (QED) is 0.774. The van der Waals surface area contributed by atoms with Gasteiger partial charge >= 0.3 is 5.97 Å². The molecule has 3 nitrogen and oxygen atoms in total. The smallest absolute Gasteiger partial charge is 0.323 e. The molecule has 15 heavy (non-hydrogen) atoms. The van der Waals surface area contributed by atoms with Crippen molar-refractivity contribution in [2.45, 2.75) is 51.0 Å². The molecule has 2 rings (SSSR count). The molecule has 86 valence electrons. The highest BCUT2D eigenvalue weighted by Crippen LogP contribution is 2.35. The molecule has 0 aromatic carbocycles. The number of carboxylic acids is 1. The summed E-state index contributed by atoms with van der Waals surface area (Å²) >= 11 is 0. The molecule has 0 radical (unpaired) electrons. The van der Waals surface area contributed by atoms with E-state index in [1.807, 2.05) is 6.92 Å². The van der Waals surface area contributed by atoms with Crippen LogP contribution in [-0.2, 0) is 4.79 Å². The van der Waals surface area contributed by atoms with Crippen molar-refractivity contribution < 1.29 is 9.90 Å². The van der Waals surface area contributed by atoms with Crippen molar-refractivity contribution in [2.24, 2.45) is 5.92 Å². The molecule has 0 aromatic heterocycles. The Balaban J connectivity index is 1.94. The molecule has 0 amide bonds. The Bertz CT molecular complexity index is 250. The van der Waals surface area contributed by atoms with Gasteiger partial charge in [0, 0.05) is 0 Å². The van der Waals surface area contributed by atoms with Gasteiger partial charge < -0.3 is 5.11 Å². The summed E-state index contributed by atoms with van der Waals surface area (Å²) in [5, 5.41) is 9.31. The highest BCUT2D eigenvalue weighted by Gasteiger charge is 2.41. The average molecular weight is 211 g/mol. The molecule has 1 heterocycles. The van der Waals surface area contributed by atoms with Gasteiger partial charge in [0.05, 0.1) is 0 Å². The number of carbonyl (C=O) groups is 1. The zero-order chi connectivity index (χ0) is 10.9. The first-order valence-corrected chi connectivity index (χ1v) is 6.11. The average Bonchev–Trinajstić information content (AvgIpc) is 3.00. The predicted octanol–water partition coefficient (Wildman–Crippen LogP) is 2.12. The van der Waals surface area contributed by atoms with Crippen LogP contribution >= 0.6 is 0 Å². The molecule has 3 heteroatoms. The normalized spacial score (nSPS) is 32.9. The van der Waals surface area contributed by atoms with Crippen molar-refractivity contribution in [3.8, 4) is 0 Å². The van der Waals surface area contributed by atoms with E-state index < -0.39 is 11.5 Å². The van der Waals surface area contributed by atoms with Crippen LogP contribution in [-0.4, -0.2) is 34.6 Å². The summed E-state index contributed by atoms with van der Waals surface area (Å²) in [4.78, 5) is 13.5. The van der Waals surface area contributed by atoms with Crippen LogP contribution in [0.25, 0.3) is 0 Å². The van der Waals surface area contributed by atoms with Crippen LogP contribution < -0.4 is 0 Å². The number of hydrogen-bond acceptors (Lipinski definition) is 2.